The minimum atomic E-state index is -0.343. The number of aromatic amines is 1. The van der Waals surface area contributed by atoms with Gasteiger partial charge in [0.2, 0.25) is 0 Å². The van der Waals surface area contributed by atoms with Crippen LogP contribution < -0.4 is 5.32 Å². The van der Waals surface area contributed by atoms with E-state index in [1.807, 2.05) is 30.3 Å². The fraction of sp³-hybridized carbons (Fsp3) is 0.375. The van der Waals surface area contributed by atoms with Gasteiger partial charge in [-0.05, 0) is 31.4 Å². The molecule has 1 amide bonds. The number of para-hydroxylation sites is 1. The van der Waals surface area contributed by atoms with Gasteiger partial charge in [-0.15, -0.1) is 0 Å². The summed E-state index contributed by atoms with van der Waals surface area (Å²) in [4.78, 5) is 12.3. The van der Waals surface area contributed by atoms with Crippen molar-refractivity contribution < 1.29 is 9.53 Å². The Labute approximate surface area is 123 Å². The third-order valence-electron chi connectivity index (χ3n) is 3.83. The number of anilines is 1. The van der Waals surface area contributed by atoms with Crippen molar-refractivity contribution in [2.24, 2.45) is 0 Å². The van der Waals surface area contributed by atoms with Crippen LogP contribution in [0, 0.1) is 0 Å². The molecule has 0 radical (unpaired) electrons. The van der Waals surface area contributed by atoms with E-state index in [0.717, 1.165) is 36.2 Å². The number of hydrogen-bond donors (Lipinski definition) is 2. The molecular formula is C16H19N3O2. The van der Waals surface area contributed by atoms with Gasteiger partial charge < -0.3 is 10.1 Å². The molecule has 21 heavy (non-hydrogen) atoms. The van der Waals surface area contributed by atoms with Crippen molar-refractivity contribution in [2.45, 2.75) is 38.4 Å². The molecule has 0 bridgehead atoms. The van der Waals surface area contributed by atoms with Crippen LogP contribution in [0.3, 0.4) is 0 Å². The molecule has 3 rings (SSSR count). The standard InChI is InChI=1S/C16H19N3O2/c1-2-11-7-8-15(21-11)16(20)18-13-6-4-3-5-12(13)14-9-10-17-19-14/h3-6,9-11,15H,2,7-8H2,1H3,(H,17,19)(H,18,20). The van der Waals surface area contributed by atoms with E-state index >= 15 is 0 Å². The number of amides is 1. The quantitative estimate of drug-likeness (QED) is 0.907. The average molecular weight is 285 g/mol. The van der Waals surface area contributed by atoms with Crippen molar-refractivity contribution >= 4 is 11.6 Å². The Balaban J connectivity index is 1.75. The van der Waals surface area contributed by atoms with Gasteiger partial charge >= 0.3 is 0 Å². The molecule has 1 aromatic carbocycles. The van der Waals surface area contributed by atoms with Crippen LogP contribution in [-0.2, 0) is 9.53 Å². The molecule has 110 valence electrons. The van der Waals surface area contributed by atoms with Gasteiger partial charge in [-0.25, -0.2) is 0 Å². The van der Waals surface area contributed by atoms with Crippen molar-refractivity contribution in [1.29, 1.82) is 0 Å². The fourth-order valence-electron chi connectivity index (χ4n) is 2.64. The van der Waals surface area contributed by atoms with Gasteiger partial charge in [-0.2, -0.15) is 5.10 Å². The number of aromatic nitrogens is 2. The van der Waals surface area contributed by atoms with Crippen LogP contribution >= 0.6 is 0 Å². The van der Waals surface area contributed by atoms with E-state index in [1.165, 1.54) is 0 Å². The normalized spacial score (nSPS) is 21.4. The predicted octanol–water partition coefficient (Wildman–Crippen LogP) is 2.97. The van der Waals surface area contributed by atoms with Gasteiger partial charge in [0, 0.05) is 11.8 Å². The Hall–Kier alpha value is -2.14. The summed E-state index contributed by atoms with van der Waals surface area (Å²) < 4.78 is 5.74. The maximum atomic E-state index is 12.3. The van der Waals surface area contributed by atoms with E-state index < -0.39 is 0 Å². The number of carbonyl (C=O) groups excluding carboxylic acids is 1. The molecule has 2 heterocycles. The van der Waals surface area contributed by atoms with E-state index in [2.05, 4.69) is 22.4 Å². The number of hydrogen-bond acceptors (Lipinski definition) is 3. The highest BCUT2D eigenvalue weighted by Gasteiger charge is 2.29. The summed E-state index contributed by atoms with van der Waals surface area (Å²) >= 11 is 0. The van der Waals surface area contributed by atoms with E-state index in [1.54, 1.807) is 6.20 Å². The van der Waals surface area contributed by atoms with E-state index in [0.29, 0.717) is 0 Å². The van der Waals surface area contributed by atoms with Crippen LogP contribution in [0.4, 0.5) is 5.69 Å². The van der Waals surface area contributed by atoms with E-state index in [9.17, 15) is 4.79 Å². The van der Waals surface area contributed by atoms with Gasteiger partial charge in [0.1, 0.15) is 6.10 Å². The molecule has 1 aliphatic heterocycles. The second-order valence-corrected chi connectivity index (χ2v) is 5.24. The third-order valence-corrected chi connectivity index (χ3v) is 3.83. The SMILES string of the molecule is CCC1CCC(C(=O)Nc2ccccc2-c2ccn[nH]2)O1. The molecule has 1 aromatic heterocycles. The minimum Gasteiger partial charge on any atom is -0.365 e. The Morgan fingerprint density at radius 1 is 1.38 bits per heavy atom. The molecule has 2 unspecified atom stereocenters. The first-order chi connectivity index (χ1) is 10.3. The van der Waals surface area contributed by atoms with Gasteiger partial charge in [0.05, 0.1) is 17.5 Å². The lowest BCUT2D eigenvalue weighted by Crippen LogP contribution is -2.28. The lowest BCUT2D eigenvalue weighted by atomic mass is 10.1. The Bertz CT molecular complexity index is 610. The van der Waals surface area contributed by atoms with Crippen molar-refractivity contribution in [2.75, 3.05) is 5.32 Å². The molecule has 0 spiro atoms. The number of rotatable bonds is 4. The lowest BCUT2D eigenvalue weighted by Gasteiger charge is -2.14. The number of H-pyrrole nitrogens is 1. The summed E-state index contributed by atoms with van der Waals surface area (Å²) in [6.07, 6.45) is 4.26. The lowest BCUT2D eigenvalue weighted by molar-refractivity contribution is -0.126. The Morgan fingerprint density at radius 3 is 2.95 bits per heavy atom. The molecule has 1 saturated heterocycles. The van der Waals surface area contributed by atoms with Gasteiger partial charge in [-0.3, -0.25) is 9.89 Å². The second-order valence-electron chi connectivity index (χ2n) is 5.24. The van der Waals surface area contributed by atoms with Gasteiger partial charge in [0.25, 0.3) is 5.91 Å². The third kappa shape index (κ3) is 2.97. The zero-order valence-electron chi connectivity index (χ0n) is 12.0. The van der Waals surface area contributed by atoms with Crippen molar-refractivity contribution in [3.05, 3.63) is 36.5 Å². The highest BCUT2D eigenvalue weighted by atomic mass is 16.5. The fourth-order valence-corrected chi connectivity index (χ4v) is 2.64. The molecular weight excluding hydrogens is 266 g/mol. The minimum absolute atomic E-state index is 0.0714. The zero-order chi connectivity index (χ0) is 14.7. The van der Waals surface area contributed by atoms with Crippen LogP contribution in [0.25, 0.3) is 11.3 Å². The molecule has 2 N–H and O–H groups in total. The number of benzene rings is 1. The average Bonchev–Trinajstić information content (AvgIpc) is 3.19. The molecule has 1 aliphatic rings. The molecule has 5 heteroatoms. The van der Waals surface area contributed by atoms with Crippen LogP contribution in [0.5, 0.6) is 0 Å². The monoisotopic (exact) mass is 285 g/mol. The largest absolute Gasteiger partial charge is 0.365 e. The zero-order valence-corrected chi connectivity index (χ0v) is 12.0. The van der Waals surface area contributed by atoms with Crippen LogP contribution in [0.2, 0.25) is 0 Å². The topological polar surface area (TPSA) is 67.0 Å². The second kappa shape index (κ2) is 6.10. The number of ether oxygens (including phenoxy) is 1. The first kappa shape index (κ1) is 13.8. The Morgan fingerprint density at radius 2 is 2.24 bits per heavy atom. The molecule has 0 saturated carbocycles. The summed E-state index contributed by atoms with van der Waals surface area (Å²) in [6, 6.07) is 9.56. The highest BCUT2D eigenvalue weighted by molar-refractivity contribution is 5.97. The predicted molar refractivity (Wildman–Crippen MR) is 80.8 cm³/mol. The van der Waals surface area contributed by atoms with Crippen molar-refractivity contribution in [1.82, 2.24) is 10.2 Å². The van der Waals surface area contributed by atoms with Crippen molar-refractivity contribution in [3.63, 3.8) is 0 Å². The first-order valence-electron chi connectivity index (χ1n) is 7.33. The number of carbonyl (C=O) groups is 1. The first-order valence-corrected chi connectivity index (χ1v) is 7.33. The van der Waals surface area contributed by atoms with Crippen molar-refractivity contribution in [3.8, 4) is 11.3 Å². The van der Waals surface area contributed by atoms with E-state index in [-0.39, 0.29) is 18.1 Å². The smallest absolute Gasteiger partial charge is 0.253 e. The summed E-state index contributed by atoms with van der Waals surface area (Å²) in [7, 11) is 0. The molecule has 2 aromatic rings. The maximum absolute atomic E-state index is 12.3. The molecule has 1 fully saturated rings. The summed E-state index contributed by atoms with van der Waals surface area (Å²) in [5.41, 5.74) is 2.58. The maximum Gasteiger partial charge on any atom is 0.253 e. The summed E-state index contributed by atoms with van der Waals surface area (Å²) in [5.74, 6) is -0.0714. The summed E-state index contributed by atoms with van der Waals surface area (Å²) in [6.45, 7) is 2.08. The molecule has 2 atom stereocenters. The van der Waals surface area contributed by atoms with Gasteiger partial charge in [0.15, 0.2) is 0 Å². The molecule has 0 aliphatic carbocycles. The van der Waals surface area contributed by atoms with Gasteiger partial charge in [-0.1, -0.05) is 25.1 Å². The Kier molecular flexibility index (Phi) is 4.01. The van der Waals surface area contributed by atoms with Crippen LogP contribution in [0.1, 0.15) is 26.2 Å². The summed E-state index contributed by atoms with van der Waals surface area (Å²) in [5, 5.41) is 9.85. The van der Waals surface area contributed by atoms with E-state index in [4.69, 9.17) is 4.74 Å². The number of nitrogens with zero attached hydrogens (tertiary/aromatic N) is 1. The highest BCUT2D eigenvalue weighted by Crippen LogP contribution is 2.28. The number of nitrogens with one attached hydrogen (secondary N) is 2. The van der Waals surface area contributed by atoms with Crippen LogP contribution in [-0.4, -0.2) is 28.3 Å². The molecule has 5 nitrogen and oxygen atoms in total. The van der Waals surface area contributed by atoms with Crippen LogP contribution in [0.15, 0.2) is 36.5 Å².